The fourth-order valence-corrected chi connectivity index (χ4v) is 4.66. The highest BCUT2D eigenvalue weighted by Crippen LogP contribution is 2.13. The van der Waals surface area contributed by atoms with Crippen LogP contribution in [-0.4, -0.2) is 47.6 Å². The van der Waals surface area contributed by atoms with Gasteiger partial charge in [0.2, 0.25) is 5.91 Å². The normalized spacial score (nSPS) is 12.3. The first-order chi connectivity index (χ1) is 21.4. The fourth-order valence-electron chi connectivity index (χ4n) is 4.66. The molecular weight excluding hydrogens is 554 g/mol. The number of aromatic nitrogens is 1. The number of nitrogens with one attached hydrogen (secondary N) is 3. The van der Waals surface area contributed by atoms with Gasteiger partial charge in [0.05, 0.1) is 25.7 Å². The molecule has 1 aromatic heterocycles. The molecule has 0 bridgehead atoms. The van der Waals surface area contributed by atoms with Crippen molar-refractivity contribution in [2.45, 2.75) is 45.1 Å². The number of nitrogens with zero attached hydrogens (tertiary/aromatic N) is 1. The molecule has 0 aliphatic carbocycles. The third kappa shape index (κ3) is 10.9. The summed E-state index contributed by atoms with van der Waals surface area (Å²) >= 11 is 0. The summed E-state index contributed by atoms with van der Waals surface area (Å²) in [4.78, 5) is 29.1. The van der Waals surface area contributed by atoms with Crippen molar-refractivity contribution in [3.8, 4) is 0 Å². The summed E-state index contributed by atoms with van der Waals surface area (Å²) in [6, 6.07) is 28.6. The molecule has 2 amide bonds. The lowest BCUT2D eigenvalue weighted by molar-refractivity contribution is -0.120. The number of carbonyl (C=O) groups is 2. The van der Waals surface area contributed by atoms with Crippen molar-refractivity contribution in [1.29, 1.82) is 0 Å². The summed E-state index contributed by atoms with van der Waals surface area (Å²) in [6.07, 6.45) is 1.93. The standard InChI is InChI=1S/C35H41N5O4/c1-25(38-23-32(41)31-14-15-33(36)39-22-31)18-28-8-5-9-29(19-28)20-34(42)40-21-26-10-12-30(13-11-26)35(43)37-16-17-44-24-27-6-3-2-4-7-27/h2-15,19,22,25,32,38,41H,16-18,20-21,23-24H2,1H3,(H2,36,39)(H,37,43)(H,40,42)/t25-,32+/m1/s1. The molecule has 9 nitrogen and oxygen atoms in total. The molecule has 9 heteroatoms. The molecule has 0 aliphatic heterocycles. The lowest BCUT2D eigenvalue weighted by Crippen LogP contribution is -2.32. The van der Waals surface area contributed by atoms with Crippen LogP contribution in [-0.2, 0) is 35.5 Å². The Labute approximate surface area is 258 Å². The van der Waals surface area contributed by atoms with Gasteiger partial charge in [-0.15, -0.1) is 0 Å². The van der Waals surface area contributed by atoms with Crippen LogP contribution in [0.15, 0.2) is 97.2 Å². The van der Waals surface area contributed by atoms with Crippen LogP contribution in [0.4, 0.5) is 5.82 Å². The van der Waals surface area contributed by atoms with E-state index in [4.69, 9.17) is 10.5 Å². The maximum absolute atomic E-state index is 12.6. The Morgan fingerprint density at radius 1 is 0.886 bits per heavy atom. The molecular formula is C35H41N5O4. The summed E-state index contributed by atoms with van der Waals surface area (Å²) < 4.78 is 5.61. The molecule has 0 spiro atoms. The van der Waals surface area contributed by atoms with E-state index in [1.807, 2.05) is 66.7 Å². The van der Waals surface area contributed by atoms with E-state index in [-0.39, 0.29) is 24.3 Å². The number of anilines is 1. The van der Waals surface area contributed by atoms with Gasteiger partial charge in [0.1, 0.15) is 5.82 Å². The monoisotopic (exact) mass is 595 g/mol. The van der Waals surface area contributed by atoms with Gasteiger partial charge in [0.15, 0.2) is 0 Å². The predicted molar refractivity (Wildman–Crippen MR) is 172 cm³/mol. The minimum absolute atomic E-state index is 0.0779. The molecule has 3 aromatic carbocycles. The van der Waals surface area contributed by atoms with Gasteiger partial charge < -0.3 is 31.5 Å². The van der Waals surface area contributed by atoms with Gasteiger partial charge in [-0.3, -0.25) is 9.59 Å². The molecule has 4 rings (SSSR count). The lowest BCUT2D eigenvalue weighted by atomic mass is 10.0. The van der Waals surface area contributed by atoms with Crippen molar-refractivity contribution in [1.82, 2.24) is 20.9 Å². The summed E-state index contributed by atoms with van der Waals surface area (Å²) in [5.41, 5.74) is 10.9. The number of nitrogens with two attached hydrogens (primary N) is 1. The molecule has 0 unspecified atom stereocenters. The Hall–Kier alpha value is -4.57. The first-order valence-electron chi connectivity index (χ1n) is 14.8. The highest BCUT2D eigenvalue weighted by Gasteiger charge is 2.12. The predicted octanol–water partition coefficient (Wildman–Crippen LogP) is 3.72. The van der Waals surface area contributed by atoms with Crippen LogP contribution in [0.1, 0.15) is 51.2 Å². The fraction of sp³-hybridized carbons (Fsp3) is 0.286. The van der Waals surface area contributed by atoms with E-state index >= 15 is 0 Å². The Morgan fingerprint density at radius 3 is 2.39 bits per heavy atom. The maximum atomic E-state index is 12.6. The van der Waals surface area contributed by atoms with Gasteiger partial charge >= 0.3 is 0 Å². The van der Waals surface area contributed by atoms with Crippen LogP contribution >= 0.6 is 0 Å². The van der Waals surface area contributed by atoms with E-state index in [0.29, 0.717) is 49.8 Å². The third-order valence-corrected chi connectivity index (χ3v) is 7.10. The number of hydrogen-bond donors (Lipinski definition) is 5. The molecule has 1 heterocycles. The number of pyridine rings is 1. The second-order valence-corrected chi connectivity index (χ2v) is 10.8. The number of hydrogen-bond acceptors (Lipinski definition) is 7. The molecule has 4 aromatic rings. The molecule has 0 saturated carbocycles. The zero-order valence-electron chi connectivity index (χ0n) is 25.0. The van der Waals surface area contributed by atoms with Gasteiger partial charge in [0.25, 0.3) is 5.91 Å². The van der Waals surface area contributed by atoms with Gasteiger partial charge in [-0.05, 0) is 53.8 Å². The molecule has 230 valence electrons. The maximum Gasteiger partial charge on any atom is 0.251 e. The number of nitrogen functional groups attached to an aromatic ring is 1. The van der Waals surface area contributed by atoms with Crippen LogP contribution in [0.3, 0.4) is 0 Å². The van der Waals surface area contributed by atoms with Crippen LogP contribution in [0.2, 0.25) is 0 Å². The highest BCUT2D eigenvalue weighted by atomic mass is 16.5. The summed E-state index contributed by atoms with van der Waals surface area (Å²) in [7, 11) is 0. The van der Waals surface area contributed by atoms with Gasteiger partial charge in [-0.25, -0.2) is 4.98 Å². The highest BCUT2D eigenvalue weighted by molar-refractivity contribution is 5.94. The molecule has 0 aliphatic rings. The zero-order valence-corrected chi connectivity index (χ0v) is 25.0. The van der Waals surface area contributed by atoms with Crippen molar-refractivity contribution in [2.24, 2.45) is 0 Å². The van der Waals surface area contributed by atoms with Gasteiger partial charge in [-0.1, -0.05) is 72.8 Å². The van der Waals surface area contributed by atoms with Crippen LogP contribution in [0.25, 0.3) is 0 Å². The van der Waals surface area contributed by atoms with Crippen LogP contribution in [0, 0.1) is 0 Å². The first kappa shape index (κ1) is 32.3. The summed E-state index contributed by atoms with van der Waals surface area (Å²) in [5, 5.41) is 19.6. The number of aliphatic hydroxyl groups is 1. The minimum atomic E-state index is -0.676. The van der Waals surface area contributed by atoms with Crippen molar-refractivity contribution >= 4 is 17.6 Å². The Bertz CT molecular complexity index is 1460. The SMILES string of the molecule is C[C@H](Cc1cccc(CC(=O)NCc2ccc(C(=O)NCCOCc3ccccc3)cc2)c1)NC[C@H](O)c1ccc(N)nc1. The van der Waals surface area contributed by atoms with Crippen molar-refractivity contribution in [2.75, 3.05) is 25.4 Å². The quantitative estimate of drug-likeness (QED) is 0.125. The van der Waals surface area contributed by atoms with Crippen molar-refractivity contribution in [3.63, 3.8) is 0 Å². The minimum Gasteiger partial charge on any atom is -0.387 e. The van der Waals surface area contributed by atoms with E-state index in [9.17, 15) is 14.7 Å². The smallest absolute Gasteiger partial charge is 0.251 e. The largest absolute Gasteiger partial charge is 0.387 e. The lowest BCUT2D eigenvalue weighted by Gasteiger charge is -2.18. The average molecular weight is 596 g/mol. The van der Waals surface area contributed by atoms with Crippen molar-refractivity contribution in [3.05, 3.63) is 131 Å². The third-order valence-electron chi connectivity index (χ3n) is 7.10. The van der Waals surface area contributed by atoms with Crippen LogP contribution < -0.4 is 21.7 Å². The second kappa shape index (κ2) is 16.9. The number of ether oxygens (including phenoxy) is 1. The second-order valence-electron chi connectivity index (χ2n) is 10.8. The Kier molecular flexibility index (Phi) is 12.4. The van der Waals surface area contributed by atoms with E-state index < -0.39 is 6.10 Å². The summed E-state index contributed by atoms with van der Waals surface area (Å²) in [6.45, 7) is 4.19. The molecule has 0 radical (unpaired) electrons. The molecule has 6 N–H and O–H groups in total. The van der Waals surface area contributed by atoms with Crippen LogP contribution in [0.5, 0.6) is 0 Å². The van der Waals surface area contributed by atoms with Gasteiger partial charge in [-0.2, -0.15) is 0 Å². The number of carbonyl (C=O) groups excluding carboxylic acids is 2. The number of benzene rings is 3. The molecule has 2 atom stereocenters. The zero-order chi connectivity index (χ0) is 31.1. The van der Waals surface area contributed by atoms with Gasteiger partial charge in [0, 0.05) is 43.0 Å². The van der Waals surface area contributed by atoms with E-state index in [1.165, 1.54) is 0 Å². The number of aliphatic hydroxyl groups excluding tert-OH is 1. The Morgan fingerprint density at radius 2 is 1.64 bits per heavy atom. The van der Waals surface area contributed by atoms with E-state index in [2.05, 4.69) is 27.9 Å². The molecule has 44 heavy (non-hydrogen) atoms. The summed E-state index contributed by atoms with van der Waals surface area (Å²) in [5.74, 6) is 0.179. The molecule has 0 saturated heterocycles. The molecule has 0 fully saturated rings. The Balaban J connectivity index is 1.14. The van der Waals surface area contributed by atoms with Crippen molar-refractivity contribution < 1.29 is 19.4 Å². The van der Waals surface area contributed by atoms with E-state index in [0.717, 1.165) is 28.7 Å². The topological polar surface area (TPSA) is 139 Å². The average Bonchev–Trinajstić information content (AvgIpc) is 3.03. The first-order valence-corrected chi connectivity index (χ1v) is 14.8. The van der Waals surface area contributed by atoms with E-state index in [1.54, 1.807) is 30.5 Å². The number of amides is 2. The number of rotatable bonds is 16.